The van der Waals surface area contributed by atoms with Gasteiger partial charge in [-0.25, -0.2) is 0 Å². The topological polar surface area (TPSA) is 82.8 Å². The van der Waals surface area contributed by atoms with E-state index >= 15 is 0 Å². The maximum absolute atomic E-state index is 11.9. The molecule has 0 saturated carbocycles. The van der Waals surface area contributed by atoms with E-state index in [0.717, 1.165) is 19.6 Å². The monoisotopic (exact) mass is 294 g/mol. The Balaban J connectivity index is 1.71. The fourth-order valence-electron chi connectivity index (χ4n) is 2.15. The number of carbonyl (C=O) groups is 1. The van der Waals surface area contributed by atoms with Crippen molar-refractivity contribution in [2.45, 2.75) is 12.8 Å². The molecule has 0 radical (unpaired) electrons. The molecule has 6 nitrogen and oxygen atoms in total. The van der Waals surface area contributed by atoms with Crippen molar-refractivity contribution in [3.63, 3.8) is 0 Å². The van der Waals surface area contributed by atoms with E-state index in [1.807, 2.05) is 0 Å². The molecule has 1 saturated heterocycles. The average Bonchev–Trinajstić information content (AvgIpc) is 2.99. The number of nitrogens with one attached hydrogen (secondary N) is 1. The number of nitrogens with two attached hydrogens (primary N) is 1. The number of rotatable bonds is 7. The first-order valence-corrected chi connectivity index (χ1v) is 7.08. The zero-order valence-corrected chi connectivity index (χ0v) is 12.3. The van der Waals surface area contributed by atoms with Crippen molar-refractivity contribution in [2.75, 3.05) is 44.6 Å². The van der Waals surface area contributed by atoms with Crippen molar-refractivity contribution >= 4 is 17.3 Å². The van der Waals surface area contributed by atoms with E-state index in [2.05, 4.69) is 5.32 Å². The van der Waals surface area contributed by atoms with Gasteiger partial charge in [-0.2, -0.15) is 0 Å². The van der Waals surface area contributed by atoms with Gasteiger partial charge in [0, 0.05) is 24.3 Å². The number of benzene rings is 1. The quantitative estimate of drug-likeness (QED) is 0.590. The molecule has 0 aliphatic carbocycles. The zero-order valence-electron chi connectivity index (χ0n) is 12.3. The molecule has 0 spiro atoms. The molecule has 1 aromatic rings. The molecule has 1 aliphatic heterocycles. The van der Waals surface area contributed by atoms with E-state index < -0.39 is 0 Å². The van der Waals surface area contributed by atoms with E-state index in [9.17, 15) is 4.79 Å². The number of anilines is 2. The van der Waals surface area contributed by atoms with Crippen molar-refractivity contribution in [3.8, 4) is 5.75 Å². The van der Waals surface area contributed by atoms with Crippen molar-refractivity contribution < 1.29 is 19.0 Å². The minimum atomic E-state index is -0.110. The van der Waals surface area contributed by atoms with Crippen LogP contribution in [0, 0.1) is 5.92 Å². The summed E-state index contributed by atoms with van der Waals surface area (Å²) in [6, 6.07) is 5.11. The summed E-state index contributed by atoms with van der Waals surface area (Å²) in [5.74, 6) is 0.901. The van der Waals surface area contributed by atoms with Crippen LogP contribution in [0.2, 0.25) is 0 Å². The van der Waals surface area contributed by atoms with Crippen LogP contribution in [0.4, 0.5) is 11.4 Å². The molecule has 6 heteroatoms. The van der Waals surface area contributed by atoms with Gasteiger partial charge in [0.05, 0.1) is 39.0 Å². The molecular weight excluding hydrogens is 272 g/mol. The van der Waals surface area contributed by atoms with Gasteiger partial charge in [0.25, 0.3) is 0 Å². The van der Waals surface area contributed by atoms with Crippen LogP contribution in [0.5, 0.6) is 5.75 Å². The Bertz CT molecular complexity index is 473. The predicted molar refractivity (Wildman–Crippen MR) is 80.4 cm³/mol. The lowest BCUT2D eigenvalue weighted by atomic mass is 10.1. The molecule has 0 bridgehead atoms. The average molecular weight is 294 g/mol. The highest BCUT2D eigenvalue weighted by molar-refractivity contribution is 5.92. The number of hydrogen-bond acceptors (Lipinski definition) is 5. The number of hydrogen-bond donors (Lipinski definition) is 2. The van der Waals surface area contributed by atoms with Crippen molar-refractivity contribution in [3.05, 3.63) is 18.2 Å². The Morgan fingerprint density at radius 1 is 1.52 bits per heavy atom. The van der Waals surface area contributed by atoms with Gasteiger partial charge in [-0.05, 0) is 18.6 Å². The Labute approximate surface area is 124 Å². The van der Waals surface area contributed by atoms with Crippen molar-refractivity contribution in [1.82, 2.24) is 0 Å². The highest BCUT2D eigenvalue weighted by atomic mass is 16.5. The van der Waals surface area contributed by atoms with Gasteiger partial charge < -0.3 is 25.3 Å². The third kappa shape index (κ3) is 4.91. The first-order chi connectivity index (χ1) is 10.2. The van der Waals surface area contributed by atoms with Gasteiger partial charge in [-0.1, -0.05) is 0 Å². The highest BCUT2D eigenvalue weighted by Gasteiger charge is 2.15. The highest BCUT2D eigenvalue weighted by Crippen LogP contribution is 2.26. The van der Waals surface area contributed by atoms with Gasteiger partial charge in [0.15, 0.2) is 0 Å². The maximum Gasteiger partial charge on any atom is 0.226 e. The number of amides is 1. The fourth-order valence-corrected chi connectivity index (χ4v) is 2.15. The second kappa shape index (κ2) is 7.85. The molecule has 1 unspecified atom stereocenters. The molecule has 1 aliphatic rings. The molecule has 1 heterocycles. The van der Waals surface area contributed by atoms with E-state index in [-0.39, 0.29) is 5.91 Å². The molecule has 1 atom stereocenters. The van der Waals surface area contributed by atoms with Gasteiger partial charge in [-0.15, -0.1) is 0 Å². The summed E-state index contributed by atoms with van der Waals surface area (Å²) >= 11 is 0. The second-order valence-electron chi connectivity index (χ2n) is 5.06. The van der Waals surface area contributed by atoms with Crippen LogP contribution in [0.3, 0.4) is 0 Å². The molecule has 3 N–H and O–H groups in total. The van der Waals surface area contributed by atoms with Crippen LogP contribution >= 0.6 is 0 Å². The minimum Gasteiger partial charge on any atom is -0.494 e. The van der Waals surface area contributed by atoms with Crippen LogP contribution in [-0.4, -0.2) is 39.4 Å². The van der Waals surface area contributed by atoms with Crippen molar-refractivity contribution in [1.29, 1.82) is 0 Å². The zero-order chi connectivity index (χ0) is 15.1. The van der Waals surface area contributed by atoms with Gasteiger partial charge in [0.2, 0.25) is 5.91 Å². The number of ether oxygens (including phenoxy) is 3. The molecule has 1 fully saturated rings. The normalized spacial score (nSPS) is 17.7. The predicted octanol–water partition coefficient (Wildman–Crippen LogP) is 1.66. The number of methoxy groups -OCH3 is 1. The van der Waals surface area contributed by atoms with Gasteiger partial charge in [-0.3, -0.25) is 4.79 Å². The number of nitrogen functional groups attached to an aromatic ring is 1. The molecule has 116 valence electrons. The molecular formula is C15H22N2O4. The maximum atomic E-state index is 11.9. The second-order valence-corrected chi connectivity index (χ2v) is 5.06. The lowest BCUT2D eigenvalue weighted by molar-refractivity contribution is -0.117. The van der Waals surface area contributed by atoms with E-state index in [4.69, 9.17) is 19.9 Å². The summed E-state index contributed by atoms with van der Waals surface area (Å²) in [7, 11) is 1.54. The lowest BCUT2D eigenvalue weighted by Crippen LogP contribution is -2.17. The molecule has 2 rings (SSSR count). The third-order valence-corrected chi connectivity index (χ3v) is 3.35. The molecule has 21 heavy (non-hydrogen) atoms. The van der Waals surface area contributed by atoms with E-state index in [0.29, 0.717) is 42.7 Å². The smallest absolute Gasteiger partial charge is 0.226 e. The first kappa shape index (κ1) is 15.6. The first-order valence-electron chi connectivity index (χ1n) is 7.08. The summed E-state index contributed by atoms with van der Waals surface area (Å²) in [6.07, 6.45) is 1.34. The third-order valence-electron chi connectivity index (χ3n) is 3.35. The molecule has 1 amide bonds. The van der Waals surface area contributed by atoms with Gasteiger partial charge in [0.1, 0.15) is 5.75 Å². The molecule has 1 aromatic carbocycles. The fraction of sp³-hybridized carbons (Fsp3) is 0.533. The molecule has 0 aromatic heterocycles. The van der Waals surface area contributed by atoms with Crippen molar-refractivity contribution in [2.24, 2.45) is 5.92 Å². The lowest BCUT2D eigenvalue weighted by Gasteiger charge is -2.11. The summed E-state index contributed by atoms with van der Waals surface area (Å²) in [4.78, 5) is 11.9. The Morgan fingerprint density at radius 2 is 2.38 bits per heavy atom. The Morgan fingerprint density at radius 3 is 3.10 bits per heavy atom. The van der Waals surface area contributed by atoms with Gasteiger partial charge >= 0.3 is 0 Å². The van der Waals surface area contributed by atoms with Crippen LogP contribution < -0.4 is 15.8 Å². The van der Waals surface area contributed by atoms with Crippen LogP contribution in [0.15, 0.2) is 18.2 Å². The largest absolute Gasteiger partial charge is 0.494 e. The summed E-state index contributed by atoms with van der Waals surface area (Å²) < 4.78 is 16.0. The summed E-state index contributed by atoms with van der Waals surface area (Å²) in [5.41, 5.74) is 6.87. The Hall–Kier alpha value is -1.79. The summed E-state index contributed by atoms with van der Waals surface area (Å²) in [5, 5.41) is 2.79. The Kier molecular flexibility index (Phi) is 5.83. The van der Waals surface area contributed by atoms with E-state index in [1.54, 1.807) is 18.2 Å². The SMILES string of the molecule is COc1cc(N)ccc1NC(=O)CCOCC1CCOC1. The van der Waals surface area contributed by atoms with Crippen LogP contribution in [-0.2, 0) is 14.3 Å². The number of carbonyl (C=O) groups excluding carboxylic acids is 1. The minimum absolute atomic E-state index is 0.110. The van der Waals surface area contributed by atoms with E-state index in [1.165, 1.54) is 7.11 Å². The van der Waals surface area contributed by atoms with Crippen LogP contribution in [0.1, 0.15) is 12.8 Å². The van der Waals surface area contributed by atoms with Crippen LogP contribution in [0.25, 0.3) is 0 Å². The standard InChI is InChI=1S/C15H22N2O4/c1-19-14-8-12(16)2-3-13(14)17-15(18)5-7-21-10-11-4-6-20-9-11/h2-3,8,11H,4-7,9-10,16H2,1H3,(H,17,18). The summed E-state index contributed by atoms with van der Waals surface area (Å²) in [6.45, 7) is 2.62.